The van der Waals surface area contributed by atoms with Gasteiger partial charge >= 0.3 is 0 Å². The number of aryl methyl sites for hydroxylation is 1. The molecule has 1 aliphatic heterocycles. The Labute approximate surface area is 193 Å². The molecule has 0 spiro atoms. The number of carbonyl (C=O) groups excluding carboxylic acids is 1. The Kier molecular flexibility index (Phi) is 5.83. The average Bonchev–Trinajstić information content (AvgIpc) is 2.88. The van der Waals surface area contributed by atoms with Crippen molar-refractivity contribution in [1.82, 2.24) is 9.47 Å². The summed E-state index contributed by atoms with van der Waals surface area (Å²) in [6.07, 6.45) is 7.85. The molecule has 0 N–H and O–H groups in total. The number of piperidine rings is 1. The monoisotopic (exact) mass is 446 g/mol. The van der Waals surface area contributed by atoms with E-state index in [1.807, 2.05) is 17.0 Å². The molecule has 0 radical (unpaired) electrons. The standard InChI is InChI=1S/C27H30N2O4/c1-32-24-15-20-21(16-25(24)33-2)27(31)29(17-22(20)26(30)28-13-6-3-7-14-28)23-12-8-10-18-9-4-5-11-19(18)23/h4-5,9,11,15-17,23H,3,6-8,10,12-14H2,1-2H3. The normalized spacial score (nSPS) is 18.1. The lowest BCUT2D eigenvalue weighted by molar-refractivity contribution is 0.0725. The van der Waals surface area contributed by atoms with Crippen LogP contribution in [0.25, 0.3) is 10.8 Å². The van der Waals surface area contributed by atoms with E-state index in [1.54, 1.807) is 37.1 Å². The van der Waals surface area contributed by atoms with E-state index in [2.05, 4.69) is 12.1 Å². The molecule has 33 heavy (non-hydrogen) atoms. The van der Waals surface area contributed by atoms with E-state index in [9.17, 15) is 9.59 Å². The molecular weight excluding hydrogens is 416 g/mol. The van der Waals surface area contributed by atoms with Crippen LogP contribution in [0.5, 0.6) is 11.5 Å². The van der Waals surface area contributed by atoms with Crippen LogP contribution in [0, 0.1) is 0 Å². The summed E-state index contributed by atoms with van der Waals surface area (Å²) >= 11 is 0. The minimum atomic E-state index is -0.108. The number of ether oxygens (including phenoxy) is 2. The summed E-state index contributed by atoms with van der Waals surface area (Å²) in [6.45, 7) is 1.50. The van der Waals surface area contributed by atoms with Crippen LogP contribution in [0.2, 0.25) is 0 Å². The van der Waals surface area contributed by atoms with E-state index in [0.717, 1.165) is 51.6 Å². The molecule has 172 valence electrons. The number of hydrogen-bond acceptors (Lipinski definition) is 4. The first-order chi connectivity index (χ1) is 16.1. The van der Waals surface area contributed by atoms with E-state index in [1.165, 1.54) is 11.1 Å². The highest BCUT2D eigenvalue weighted by atomic mass is 16.5. The van der Waals surface area contributed by atoms with Crippen LogP contribution >= 0.6 is 0 Å². The molecule has 1 amide bonds. The van der Waals surface area contributed by atoms with Crippen LogP contribution in [0.15, 0.2) is 47.4 Å². The fraction of sp³-hybridized carbons (Fsp3) is 0.407. The third-order valence-corrected chi connectivity index (χ3v) is 7.09. The maximum absolute atomic E-state index is 13.8. The molecule has 0 saturated carbocycles. The van der Waals surface area contributed by atoms with Crippen molar-refractivity contribution in [3.8, 4) is 11.5 Å². The summed E-state index contributed by atoms with van der Waals surface area (Å²) in [6, 6.07) is 11.7. The van der Waals surface area contributed by atoms with Crippen molar-refractivity contribution < 1.29 is 14.3 Å². The van der Waals surface area contributed by atoms with Crippen LogP contribution < -0.4 is 15.0 Å². The third-order valence-electron chi connectivity index (χ3n) is 7.09. The molecular formula is C27H30N2O4. The number of hydrogen-bond donors (Lipinski definition) is 0. The molecule has 2 aliphatic rings. The maximum Gasteiger partial charge on any atom is 0.259 e. The third kappa shape index (κ3) is 3.77. The van der Waals surface area contributed by atoms with Gasteiger partial charge in [0.15, 0.2) is 11.5 Å². The van der Waals surface area contributed by atoms with Crippen molar-refractivity contribution in [3.63, 3.8) is 0 Å². The summed E-state index contributed by atoms with van der Waals surface area (Å²) in [4.78, 5) is 29.4. The molecule has 6 heteroatoms. The lowest BCUT2D eigenvalue weighted by atomic mass is 9.87. The molecule has 6 nitrogen and oxygen atoms in total. The van der Waals surface area contributed by atoms with Crippen molar-refractivity contribution in [2.24, 2.45) is 0 Å². The Morgan fingerprint density at radius 2 is 1.64 bits per heavy atom. The highest BCUT2D eigenvalue weighted by Crippen LogP contribution is 2.36. The lowest BCUT2D eigenvalue weighted by Crippen LogP contribution is -2.37. The van der Waals surface area contributed by atoms with Crippen LogP contribution in [-0.4, -0.2) is 42.7 Å². The summed E-state index contributed by atoms with van der Waals surface area (Å²) in [7, 11) is 3.12. The topological polar surface area (TPSA) is 60.8 Å². The van der Waals surface area contributed by atoms with Gasteiger partial charge < -0.3 is 18.9 Å². The van der Waals surface area contributed by atoms with Gasteiger partial charge in [-0.05, 0) is 61.8 Å². The van der Waals surface area contributed by atoms with Gasteiger partial charge in [0.2, 0.25) is 0 Å². The van der Waals surface area contributed by atoms with Crippen LogP contribution in [-0.2, 0) is 6.42 Å². The number of fused-ring (bicyclic) bond motifs is 2. The summed E-state index contributed by atoms with van der Waals surface area (Å²) in [5.41, 5.74) is 2.89. The second-order valence-corrected chi connectivity index (χ2v) is 8.97. The zero-order valence-electron chi connectivity index (χ0n) is 19.3. The Bertz CT molecular complexity index is 1260. The quantitative estimate of drug-likeness (QED) is 0.589. The Morgan fingerprint density at radius 3 is 2.36 bits per heavy atom. The fourth-order valence-electron chi connectivity index (χ4n) is 5.37. The number of likely N-dealkylation sites (tertiary alicyclic amines) is 1. The molecule has 1 atom stereocenters. The number of carbonyl (C=O) groups is 1. The average molecular weight is 447 g/mol. The van der Waals surface area contributed by atoms with E-state index < -0.39 is 0 Å². The van der Waals surface area contributed by atoms with Gasteiger partial charge in [-0.2, -0.15) is 0 Å². The number of methoxy groups -OCH3 is 2. The minimum absolute atomic E-state index is 0.0234. The van der Waals surface area contributed by atoms with Gasteiger partial charge in [-0.1, -0.05) is 24.3 Å². The first kappa shape index (κ1) is 21.6. The van der Waals surface area contributed by atoms with Gasteiger partial charge in [0.1, 0.15) is 0 Å². The Balaban J connectivity index is 1.75. The number of pyridine rings is 1. The largest absolute Gasteiger partial charge is 0.493 e. The minimum Gasteiger partial charge on any atom is -0.493 e. The predicted octanol–water partition coefficient (Wildman–Crippen LogP) is 4.57. The van der Waals surface area contributed by atoms with Gasteiger partial charge in [0.25, 0.3) is 11.5 Å². The van der Waals surface area contributed by atoms with Crippen LogP contribution in [0.3, 0.4) is 0 Å². The summed E-state index contributed by atoms with van der Waals surface area (Å²) < 4.78 is 12.8. The fourth-order valence-corrected chi connectivity index (χ4v) is 5.37. The van der Waals surface area contributed by atoms with Crippen LogP contribution in [0.1, 0.15) is 59.6 Å². The second kappa shape index (κ2) is 8.93. The van der Waals surface area contributed by atoms with Crippen molar-refractivity contribution in [3.05, 3.63) is 69.6 Å². The second-order valence-electron chi connectivity index (χ2n) is 8.97. The smallest absolute Gasteiger partial charge is 0.259 e. The van der Waals surface area contributed by atoms with Gasteiger partial charge in [-0.15, -0.1) is 0 Å². The van der Waals surface area contributed by atoms with Crippen molar-refractivity contribution in [2.75, 3.05) is 27.3 Å². The van der Waals surface area contributed by atoms with E-state index >= 15 is 0 Å². The zero-order valence-corrected chi connectivity index (χ0v) is 19.3. The van der Waals surface area contributed by atoms with E-state index in [4.69, 9.17) is 9.47 Å². The summed E-state index contributed by atoms with van der Waals surface area (Å²) in [5, 5.41) is 1.10. The number of aromatic nitrogens is 1. The van der Waals surface area contributed by atoms with Gasteiger partial charge in [0, 0.05) is 24.7 Å². The number of amides is 1. The first-order valence-electron chi connectivity index (χ1n) is 11.8. The molecule has 5 rings (SSSR count). The number of nitrogens with zero attached hydrogens (tertiary/aromatic N) is 2. The van der Waals surface area contributed by atoms with Gasteiger partial charge in [0.05, 0.1) is 31.2 Å². The van der Waals surface area contributed by atoms with E-state index in [0.29, 0.717) is 27.8 Å². The van der Waals surface area contributed by atoms with Crippen LogP contribution in [0.4, 0.5) is 0 Å². The lowest BCUT2D eigenvalue weighted by Gasteiger charge is -2.30. The highest BCUT2D eigenvalue weighted by Gasteiger charge is 2.27. The summed E-state index contributed by atoms with van der Waals surface area (Å²) in [5.74, 6) is 0.975. The number of benzene rings is 2. The SMILES string of the molecule is COc1cc2c(C(=O)N3CCCCC3)cn(C3CCCc4ccccc43)c(=O)c2cc1OC. The zero-order chi connectivity index (χ0) is 22.9. The van der Waals surface area contributed by atoms with E-state index in [-0.39, 0.29) is 17.5 Å². The van der Waals surface area contributed by atoms with Crippen molar-refractivity contribution >= 4 is 16.7 Å². The molecule has 1 saturated heterocycles. The molecule has 1 fully saturated rings. The van der Waals surface area contributed by atoms with Crippen molar-refractivity contribution in [2.45, 2.75) is 44.6 Å². The molecule has 1 aromatic heterocycles. The predicted molar refractivity (Wildman–Crippen MR) is 129 cm³/mol. The molecule has 0 bridgehead atoms. The van der Waals surface area contributed by atoms with Gasteiger partial charge in [-0.25, -0.2) is 0 Å². The molecule has 2 heterocycles. The highest BCUT2D eigenvalue weighted by molar-refractivity contribution is 6.07. The Hall–Kier alpha value is -3.28. The molecule has 2 aromatic carbocycles. The Morgan fingerprint density at radius 1 is 0.939 bits per heavy atom. The van der Waals surface area contributed by atoms with Gasteiger partial charge in [-0.3, -0.25) is 9.59 Å². The molecule has 1 unspecified atom stereocenters. The number of rotatable bonds is 4. The van der Waals surface area contributed by atoms with Crippen molar-refractivity contribution in [1.29, 1.82) is 0 Å². The maximum atomic E-state index is 13.8. The molecule has 3 aromatic rings. The molecule has 1 aliphatic carbocycles. The first-order valence-corrected chi connectivity index (χ1v) is 11.8.